The maximum absolute atomic E-state index is 12.4. The molecule has 0 spiro atoms. The number of carbonyl (C=O) groups is 2. The molecule has 2 amide bonds. The van der Waals surface area contributed by atoms with Crippen LogP contribution in [0.4, 0.5) is 10.5 Å². The summed E-state index contributed by atoms with van der Waals surface area (Å²) >= 11 is 0.760. The predicted octanol–water partition coefficient (Wildman–Crippen LogP) is 3.04. The molecule has 2 aromatic carbocycles. The molecule has 3 N–H and O–H groups in total. The number of aromatic hydroxyl groups is 3. The van der Waals surface area contributed by atoms with Crippen molar-refractivity contribution in [2.75, 3.05) is 4.90 Å². The van der Waals surface area contributed by atoms with Crippen molar-refractivity contribution >= 4 is 34.7 Å². The number of carbonyl (C=O) groups excluding carboxylic acids is 2. The molecule has 0 aliphatic carbocycles. The van der Waals surface area contributed by atoms with E-state index in [0.29, 0.717) is 5.56 Å². The summed E-state index contributed by atoms with van der Waals surface area (Å²) in [5.74, 6) is -1.15. The van der Waals surface area contributed by atoms with Crippen LogP contribution in [0.25, 0.3) is 6.08 Å². The molecule has 23 heavy (non-hydrogen) atoms. The number of hydrogen-bond donors (Lipinski definition) is 3. The third kappa shape index (κ3) is 2.86. The number of imide groups is 1. The highest BCUT2D eigenvalue weighted by molar-refractivity contribution is 8.19. The molecule has 7 heteroatoms. The number of hydrogen-bond acceptors (Lipinski definition) is 6. The Kier molecular flexibility index (Phi) is 3.71. The standard InChI is InChI=1S/C16H11NO5S/c18-11-3-1-2-10(8-11)17-15(21)14(23-16(17)22)7-9-4-5-12(19)13(20)6-9/h1-8,18-20H. The average Bonchev–Trinajstić information content (AvgIpc) is 2.77. The van der Waals surface area contributed by atoms with E-state index < -0.39 is 11.1 Å². The van der Waals surface area contributed by atoms with Gasteiger partial charge < -0.3 is 15.3 Å². The Morgan fingerprint density at radius 2 is 1.74 bits per heavy atom. The maximum Gasteiger partial charge on any atom is 0.298 e. The van der Waals surface area contributed by atoms with E-state index in [1.165, 1.54) is 42.5 Å². The molecule has 0 radical (unpaired) electrons. The van der Waals surface area contributed by atoms with E-state index in [1.54, 1.807) is 6.07 Å². The molecular formula is C16H11NO5S. The van der Waals surface area contributed by atoms with E-state index in [9.17, 15) is 24.9 Å². The summed E-state index contributed by atoms with van der Waals surface area (Å²) in [5, 5.41) is 27.8. The third-order valence-corrected chi connectivity index (χ3v) is 4.05. The smallest absolute Gasteiger partial charge is 0.298 e. The van der Waals surface area contributed by atoms with Crippen molar-refractivity contribution in [3.05, 3.63) is 52.9 Å². The van der Waals surface area contributed by atoms with Crippen LogP contribution in [0, 0.1) is 0 Å². The monoisotopic (exact) mass is 329 g/mol. The van der Waals surface area contributed by atoms with Gasteiger partial charge in [0, 0.05) is 6.07 Å². The number of phenols is 3. The van der Waals surface area contributed by atoms with Crippen LogP contribution in [0.5, 0.6) is 17.2 Å². The van der Waals surface area contributed by atoms with Gasteiger partial charge in [-0.15, -0.1) is 0 Å². The zero-order valence-corrected chi connectivity index (χ0v) is 12.4. The van der Waals surface area contributed by atoms with Crippen LogP contribution in [0.15, 0.2) is 47.4 Å². The zero-order valence-electron chi connectivity index (χ0n) is 11.6. The van der Waals surface area contributed by atoms with Crippen LogP contribution in [0.2, 0.25) is 0 Å². The Morgan fingerprint density at radius 1 is 0.957 bits per heavy atom. The Bertz CT molecular complexity index is 846. The molecular weight excluding hydrogens is 318 g/mol. The molecule has 0 unspecified atom stereocenters. The Morgan fingerprint density at radius 3 is 2.43 bits per heavy atom. The van der Waals surface area contributed by atoms with E-state index in [1.807, 2.05) is 0 Å². The van der Waals surface area contributed by atoms with Gasteiger partial charge in [-0.05, 0) is 47.7 Å². The summed E-state index contributed by atoms with van der Waals surface area (Å²) in [6.07, 6.45) is 1.45. The van der Waals surface area contributed by atoms with Gasteiger partial charge in [-0.25, -0.2) is 4.90 Å². The van der Waals surface area contributed by atoms with Crippen LogP contribution in [-0.2, 0) is 4.79 Å². The minimum atomic E-state index is -0.516. The van der Waals surface area contributed by atoms with Gasteiger partial charge in [0.15, 0.2) is 11.5 Å². The average molecular weight is 329 g/mol. The fourth-order valence-electron chi connectivity index (χ4n) is 2.10. The Balaban J connectivity index is 1.94. The first kappa shape index (κ1) is 15.0. The molecule has 2 aromatic rings. The van der Waals surface area contributed by atoms with Crippen LogP contribution in [0.3, 0.4) is 0 Å². The van der Waals surface area contributed by atoms with Gasteiger partial charge in [-0.3, -0.25) is 9.59 Å². The van der Waals surface area contributed by atoms with Crippen LogP contribution < -0.4 is 4.90 Å². The van der Waals surface area contributed by atoms with Crippen molar-refractivity contribution < 1.29 is 24.9 Å². The minimum Gasteiger partial charge on any atom is -0.508 e. The van der Waals surface area contributed by atoms with Gasteiger partial charge in [0.1, 0.15) is 5.75 Å². The normalized spacial score (nSPS) is 16.3. The second-order valence-corrected chi connectivity index (χ2v) is 5.78. The molecule has 0 aromatic heterocycles. The van der Waals surface area contributed by atoms with Crippen LogP contribution in [0.1, 0.15) is 5.56 Å². The number of anilines is 1. The summed E-state index contributed by atoms with van der Waals surface area (Å²) in [6.45, 7) is 0. The van der Waals surface area contributed by atoms with Crippen molar-refractivity contribution in [3.8, 4) is 17.2 Å². The summed E-state index contributed by atoms with van der Waals surface area (Å²) in [7, 11) is 0. The molecule has 0 bridgehead atoms. The molecule has 6 nitrogen and oxygen atoms in total. The van der Waals surface area contributed by atoms with Crippen LogP contribution in [-0.4, -0.2) is 26.5 Å². The lowest BCUT2D eigenvalue weighted by Crippen LogP contribution is -2.27. The summed E-state index contributed by atoms with van der Waals surface area (Å²) in [6, 6.07) is 9.94. The summed E-state index contributed by atoms with van der Waals surface area (Å²) in [5.41, 5.74) is 0.756. The molecule has 3 rings (SSSR count). The molecule has 0 atom stereocenters. The first-order valence-electron chi connectivity index (χ1n) is 6.54. The molecule has 1 saturated heterocycles. The lowest BCUT2D eigenvalue weighted by Gasteiger charge is -2.12. The SMILES string of the molecule is O=C1SC(=Cc2ccc(O)c(O)c2)C(=O)N1c1cccc(O)c1. The second-order valence-electron chi connectivity index (χ2n) is 4.79. The number of amides is 2. The number of thioether (sulfide) groups is 1. The highest BCUT2D eigenvalue weighted by Gasteiger charge is 2.36. The first-order chi connectivity index (χ1) is 11.0. The molecule has 116 valence electrons. The first-order valence-corrected chi connectivity index (χ1v) is 7.36. The van der Waals surface area contributed by atoms with Crippen molar-refractivity contribution in [1.29, 1.82) is 0 Å². The summed E-state index contributed by atoms with van der Waals surface area (Å²) in [4.78, 5) is 25.6. The Labute approximate surface area is 135 Å². The van der Waals surface area contributed by atoms with Gasteiger partial charge in [-0.2, -0.15) is 0 Å². The van der Waals surface area contributed by atoms with Gasteiger partial charge in [-0.1, -0.05) is 12.1 Å². The van der Waals surface area contributed by atoms with Crippen LogP contribution >= 0.6 is 11.8 Å². The predicted molar refractivity (Wildman–Crippen MR) is 86.3 cm³/mol. The van der Waals surface area contributed by atoms with Gasteiger partial charge in [0.25, 0.3) is 11.1 Å². The zero-order chi connectivity index (χ0) is 16.6. The Hall–Kier alpha value is -2.93. The highest BCUT2D eigenvalue weighted by Crippen LogP contribution is 2.37. The third-order valence-electron chi connectivity index (χ3n) is 3.18. The molecule has 1 aliphatic rings. The quantitative estimate of drug-likeness (QED) is 0.579. The van der Waals surface area contributed by atoms with Gasteiger partial charge in [0.05, 0.1) is 10.6 Å². The van der Waals surface area contributed by atoms with E-state index in [-0.39, 0.29) is 27.8 Å². The lowest BCUT2D eigenvalue weighted by molar-refractivity contribution is -0.113. The lowest BCUT2D eigenvalue weighted by atomic mass is 10.2. The van der Waals surface area contributed by atoms with Gasteiger partial charge >= 0.3 is 0 Å². The number of rotatable bonds is 2. The molecule has 1 fully saturated rings. The van der Waals surface area contributed by atoms with Crippen molar-refractivity contribution in [2.24, 2.45) is 0 Å². The van der Waals surface area contributed by atoms with Crippen molar-refractivity contribution in [2.45, 2.75) is 0 Å². The fraction of sp³-hybridized carbons (Fsp3) is 0. The number of benzene rings is 2. The maximum atomic E-state index is 12.4. The fourth-order valence-corrected chi connectivity index (χ4v) is 2.95. The van der Waals surface area contributed by atoms with E-state index in [0.717, 1.165) is 16.7 Å². The van der Waals surface area contributed by atoms with E-state index in [2.05, 4.69) is 0 Å². The van der Waals surface area contributed by atoms with Crippen molar-refractivity contribution in [3.63, 3.8) is 0 Å². The number of phenolic OH excluding ortho intramolecular Hbond substituents is 3. The highest BCUT2D eigenvalue weighted by atomic mass is 32.2. The van der Waals surface area contributed by atoms with E-state index in [4.69, 9.17) is 0 Å². The molecule has 1 aliphatic heterocycles. The van der Waals surface area contributed by atoms with E-state index >= 15 is 0 Å². The van der Waals surface area contributed by atoms with Crippen molar-refractivity contribution in [1.82, 2.24) is 0 Å². The summed E-state index contributed by atoms with van der Waals surface area (Å²) < 4.78 is 0. The molecule has 1 heterocycles. The topological polar surface area (TPSA) is 98.1 Å². The van der Waals surface area contributed by atoms with Gasteiger partial charge in [0.2, 0.25) is 0 Å². The minimum absolute atomic E-state index is 0.0472. The molecule has 0 saturated carbocycles. The largest absolute Gasteiger partial charge is 0.508 e. The number of nitrogens with zero attached hydrogens (tertiary/aromatic N) is 1. The second kappa shape index (κ2) is 5.69.